The predicted molar refractivity (Wildman–Crippen MR) is 77.9 cm³/mol. The van der Waals surface area contributed by atoms with Crippen molar-refractivity contribution in [2.75, 3.05) is 13.7 Å². The SMILES string of the molecule is COc1cc(C(CN)C(O)c2occc2C)ccc1C. The summed E-state index contributed by atoms with van der Waals surface area (Å²) in [4.78, 5) is 0. The van der Waals surface area contributed by atoms with Gasteiger partial charge >= 0.3 is 0 Å². The monoisotopic (exact) mass is 275 g/mol. The first kappa shape index (κ1) is 14.6. The van der Waals surface area contributed by atoms with Gasteiger partial charge in [-0.05, 0) is 42.7 Å². The highest BCUT2D eigenvalue weighted by Gasteiger charge is 2.25. The van der Waals surface area contributed by atoms with E-state index in [2.05, 4.69) is 0 Å². The number of benzene rings is 1. The Bertz CT molecular complexity index is 577. The van der Waals surface area contributed by atoms with Crippen molar-refractivity contribution in [3.8, 4) is 5.75 Å². The highest BCUT2D eigenvalue weighted by atomic mass is 16.5. The first-order valence-electron chi connectivity index (χ1n) is 6.65. The Morgan fingerprint density at radius 3 is 2.55 bits per heavy atom. The van der Waals surface area contributed by atoms with Crippen LogP contribution in [0.25, 0.3) is 0 Å². The van der Waals surface area contributed by atoms with Crippen LogP contribution >= 0.6 is 0 Å². The minimum Gasteiger partial charge on any atom is -0.496 e. The van der Waals surface area contributed by atoms with E-state index in [0.717, 1.165) is 22.4 Å². The maximum Gasteiger partial charge on any atom is 0.135 e. The second-order valence-electron chi connectivity index (χ2n) is 4.98. The summed E-state index contributed by atoms with van der Waals surface area (Å²) >= 11 is 0. The summed E-state index contributed by atoms with van der Waals surface area (Å²) in [5.41, 5.74) is 8.77. The van der Waals surface area contributed by atoms with Gasteiger partial charge in [0.15, 0.2) is 0 Å². The first-order valence-corrected chi connectivity index (χ1v) is 6.65. The van der Waals surface area contributed by atoms with Crippen molar-refractivity contribution >= 4 is 0 Å². The van der Waals surface area contributed by atoms with Crippen molar-refractivity contribution in [3.05, 3.63) is 53.0 Å². The lowest BCUT2D eigenvalue weighted by molar-refractivity contribution is 0.121. The van der Waals surface area contributed by atoms with Crippen LogP contribution in [0.3, 0.4) is 0 Å². The fraction of sp³-hybridized carbons (Fsp3) is 0.375. The molecule has 2 unspecified atom stereocenters. The predicted octanol–water partition coefficient (Wildman–Crippen LogP) is 2.68. The molecule has 2 aromatic rings. The Morgan fingerprint density at radius 2 is 2.00 bits per heavy atom. The van der Waals surface area contributed by atoms with Crippen molar-refractivity contribution < 1.29 is 14.3 Å². The third-order valence-corrected chi connectivity index (χ3v) is 3.67. The van der Waals surface area contributed by atoms with Crippen LogP contribution in [-0.2, 0) is 0 Å². The van der Waals surface area contributed by atoms with Crippen molar-refractivity contribution in [2.45, 2.75) is 25.9 Å². The molecule has 4 heteroatoms. The van der Waals surface area contributed by atoms with E-state index < -0.39 is 6.10 Å². The molecular weight excluding hydrogens is 254 g/mol. The number of aliphatic hydroxyl groups is 1. The molecular formula is C16H21NO3. The lowest BCUT2D eigenvalue weighted by Gasteiger charge is -2.22. The van der Waals surface area contributed by atoms with Gasteiger partial charge in [-0.25, -0.2) is 0 Å². The summed E-state index contributed by atoms with van der Waals surface area (Å²) in [7, 11) is 1.64. The van der Waals surface area contributed by atoms with E-state index in [0.29, 0.717) is 12.3 Å². The van der Waals surface area contributed by atoms with Gasteiger partial charge in [0, 0.05) is 12.5 Å². The minimum atomic E-state index is -0.762. The maximum atomic E-state index is 10.5. The van der Waals surface area contributed by atoms with Gasteiger partial charge in [-0.15, -0.1) is 0 Å². The van der Waals surface area contributed by atoms with Gasteiger partial charge in [-0.2, -0.15) is 0 Å². The standard InChI is InChI=1S/C16H21NO3/c1-10-4-5-12(8-14(10)19-3)13(9-17)15(18)16-11(2)6-7-20-16/h4-8,13,15,18H,9,17H2,1-3H3. The van der Waals surface area contributed by atoms with E-state index >= 15 is 0 Å². The number of methoxy groups -OCH3 is 1. The van der Waals surface area contributed by atoms with Crippen LogP contribution in [-0.4, -0.2) is 18.8 Å². The highest BCUT2D eigenvalue weighted by molar-refractivity contribution is 5.39. The number of hydrogen-bond acceptors (Lipinski definition) is 4. The smallest absolute Gasteiger partial charge is 0.135 e. The van der Waals surface area contributed by atoms with E-state index in [9.17, 15) is 5.11 Å². The lowest BCUT2D eigenvalue weighted by Crippen LogP contribution is -2.20. The molecule has 2 atom stereocenters. The summed E-state index contributed by atoms with van der Waals surface area (Å²) in [5.74, 6) is 1.14. The van der Waals surface area contributed by atoms with E-state index in [-0.39, 0.29) is 5.92 Å². The Balaban J connectivity index is 2.35. The minimum absolute atomic E-state index is 0.227. The van der Waals surface area contributed by atoms with Crippen LogP contribution < -0.4 is 10.5 Å². The molecule has 0 amide bonds. The molecule has 3 N–H and O–H groups in total. The van der Waals surface area contributed by atoms with Crippen LogP contribution in [0.15, 0.2) is 34.9 Å². The summed E-state index contributed by atoms with van der Waals surface area (Å²) in [6, 6.07) is 7.70. The Hall–Kier alpha value is -1.78. The molecule has 0 aliphatic carbocycles. The zero-order valence-corrected chi connectivity index (χ0v) is 12.1. The van der Waals surface area contributed by atoms with Crippen LogP contribution in [0.5, 0.6) is 5.75 Å². The number of aryl methyl sites for hydroxylation is 2. The Morgan fingerprint density at radius 1 is 1.25 bits per heavy atom. The van der Waals surface area contributed by atoms with E-state index in [1.807, 2.05) is 38.1 Å². The normalized spacial score (nSPS) is 14.1. The molecule has 0 fully saturated rings. The second kappa shape index (κ2) is 6.11. The summed E-state index contributed by atoms with van der Waals surface area (Å²) in [5, 5.41) is 10.5. The fourth-order valence-corrected chi connectivity index (χ4v) is 2.38. The second-order valence-corrected chi connectivity index (χ2v) is 4.98. The molecule has 1 heterocycles. The Kier molecular flexibility index (Phi) is 4.47. The van der Waals surface area contributed by atoms with Crippen LogP contribution in [0, 0.1) is 13.8 Å². The third-order valence-electron chi connectivity index (χ3n) is 3.67. The number of nitrogens with two attached hydrogens (primary N) is 1. The van der Waals surface area contributed by atoms with Gasteiger partial charge in [0.05, 0.1) is 13.4 Å². The molecule has 0 aliphatic heterocycles. The number of ether oxygens (including phenoxy) is 1. The van der Waals surface area contributed by atoms with Crippen molar-refractivity contribution in [1.82, 2.24) is 0 Å². The van der Waals surface area contributed by atoms with Crippen molar-refractivity contribution in [2.24, 2.45) is 5.73 Å². The molecule has 20 heavy (non-hydrogen) atoms. The van der Waals surface area contributed by atoms with Gasteiger partial charge in [-0.3, -0.25) is 0 Å². The average molecular weight is 275 g/mol. The largest absolute Gasteiger partial charge is 0.496 e. The van der Waals surface area contributed by atoms with Gasteiger partial charge < -0.3 is 20.0 Å². The molecule has 0 spiro atoms. The molecule has 0 radical (unpaired) electrons. The van der Waals surface area contributed by atoms with Crippen molar-refractivity contribution in [1.29, 1.82) is 0 Å². The zero-order chi connectivity index (χ0) is 14.7. The fourth-order valence-electron chi connectivity index (χ4n) is 2.38. The third kappa shape index (κ3) is 2.71. The van der Waals surface area contributed by atoms with Gasteiger partial charge in [0.25, 0.3) is 0 Å². The molecule has 1 aromatic carbocycles. The molecule has 0 aliphatic rings. The topological polar surface area (TPSA) is 68.6 Å². The number of rotatable bonds is 5. The van der Waals surface area contributed by atoms with Crippen LogP contribution in [0.4, 0.5) is 0 Å². The molecule has 108 valence electrons. The van der Waals surface area contributed by atoms with Gasteiger partial charge in [0.1, 0.15) is 17.6 Å². The number of aliphatic hydroxyl groups excluding tert-OH is 1. The van der Waals surface area contributed by atoms with Gasteiger partial charge in [-0.1, -0.05) is 12.1 Å². The Labute approximate surface area is 119 Å². The molecule has 0 saturated heterocycles. The molecule has 4 nitrogen and oxygen atoms in total. The highest BCUT2D eigenvalue weighted by Crippen LogP contribution is 2.34. The quantitative estimate of drug-likeness (QED) is 0.880. The van der Waals surface area contributed by atoms with Crippen LogP contribution in [0.2, 0.25) is 0 Å². The number of furan rings is 1. The van der Waals surface area contributed by atoms with E-state index in [1.165, 1.54) is 0 Å². The zero-order valence-electron chi connectivity index (χ0n) is 12.1. The molecule has 0 bridgehead atoms. The molecule has 2 rings (SSSR count). The van der Waals surface area contributed by atoms with Crippen molar-refractivity contribution in [3.63, 3.8) is 0 Å². The first-order chi connectivity index (χ1) is 9.58. The van der Waals surface area contributed by atoms with Crippen LogP contribution in [0.1, 0.15) is 34.5 Å². The maximum absolute atomic E-state index is 10.5. The summed E-state index contributed by atoms with van der Waals surface area (Å²) in [6.45, 7) is 4.21. The van der Waals surface area contributed by atoms with E-state index in [1.54, 1.807) is 13.4 Å². The van der Waals surface area contributed by atoms with E-state index in [4.69, 9.17) is 14.9 Å². The summed E-state index contributed by atoms with van der Waals surface area (Å²) < 4.78 is 10.7. The number of hydrogen-bond donors (Lipinski definition) is 2. The van der Waals surface area contributed by atoms with Gasteiger partial charge in [0.2, 0.25) is 0 Å². The molecule has 0 saturated carbocycles. The molecule has 1 aromatic heterocycles. The average Bonchev–Trinajstić information content (AvgIpc) is 2.87. The lowest BCUT2D eigenvalue weighted by atomic mass is 9.90. The summed E-state index contributed by atoms with van der Waals surface area (Å²) in [6.07, 6.45) is 0.819.